The lowest BCUT2D eigenvalue weighted by atomic mass is 10.3. The molecular weight excluding hydrogens is 104 g/mol. The molecule has 2 N–H and O–H groups in total. The van der Waals surface area contributed by atoms with E-state index in [1.54, 1.807) is 0 Å². The van der Waals surface area contributed by atoms with E-state index in [0.717, 1.165) is 13.0 Å². The zero-order valence-electron chi connectivity index (χ0n) is 4.71. The van der Waals surface area contributed by atoms with Gasteiger partial charge < -0.3 is 10.5 Å². The van der Waals surface area contributed by atoms with Crippen molar-refractivity contribution in [2.45, 2.75) is 12.5 Å². The van der Waals surface area contributed by atoms with Crippen LogP contribution in [0, 0.1) is 0 Å². The van der Waals surface area contributed by atoms with E-state index >= 15 is 0 Å². The standard InChI is InChI=1S/C5H10N2O/c6-2-1-5-3-7-4-8-5/h4-5H,1-3,6H2. The zero-order chi connectivity index (χ0) is 5.82. The number of hydrogen-bond acceptors (Lipinski definition) is 3. The van der Waals surface area contributed by atoms with Gasteiger partial charge in [-0.05, 0) is 13.0 Å². The molecule has 46 valence electrons. The van der Waals surface area contributed by atoms with Gasteiger partial charge >= 0.3 is 0 Å². The molecule has 3 heteroatoms. The molecule has 0 fully saturated rings. The van der Waals surface area contributed by atoms with Gasteiger partial charge in [0.1, 0.15) is 6.10 Å². The molecule has 0 bridgehead atoms. The fourth-order valence-electron chi connectivity index (χ4n) is 0.678. The molecule has 0 radical (unpaired) electrons. The Morgan fingerprint density at radius 3 is 3.25 bits per heavy atom. The van der Waals surface area contributed by atoms with Crippen molar-refractivity contribution in [1.82, 2.24) is 0 Å². The summed E-state index contributed by atoms with van der Waals surface area (Å²) in [4.78, 5) is 3.88. The molecule has 1 aliphatic heterocycles. The Bertz CT molecular complexity index is 84.4. The van der Waals surface area contributed by atoms with Crippen molar-refractivity contribution in [2.75, 3.05) is 13.1 Å². The Kier molecular flexibility index (Phi) is 1.86. The average Bonchev–Trinajstić information content (AvgIpc) is 2.19. The molecule has 3 nitrogen and oxygen atoms in total. The first-order valence-corrected chi connectivity index (χ1v) is 2.77. The molecule has 1 unspecified atom stereocenters. The number of hydrogen-bond donors (Lipinski definition) is 1. The normalized spacial score (nSPS) is 25.9. The average molecular weight is 114 g/mol. The van der Waals surface area contributed by atoms with Crippen LogP contribution in [-0.2, 0) is 4.74 Å². The summed E-state index contributed by atoms with van der Waals surface area (Å²) < 4.78 is 5.02. The molecule has 1 atom stereocenters. The molecule has 1 heterocycles. The van der Waals surface area contributed by atoms with Crippen LogP contribution in [0.4, 0.5) is 0 Å². The minimum Gasteiger partial charge on any atom is -0.478 e. The number of ether oxygens (including phenoxy) is 1. The fraction of sp³-hybridized carbons (Fsp3) is 0.800. The van der Waals surface area contributed by atoms with Crippen LogP contribution in [0.15, 0.2) is 4.99 Å². The minimum atomic E-state index is 0.264. The van der Waals surface area contributed by atoms with Crippen molar-refractivity contribution in [3.8, 4) is 0 Å². The van der Waals surface area contributed by atoms with Crippen LogP contribution in [0.5, 0.6) is 0 Å². The molecule has 0 saturated heterocycles. The summed E-state index contributed by atoms with van der Waals surface area (Å²) in [7, 11) is 0. The molecule has 1 aliphatic rings. The Labute approximate surface area is 48.5 Å². The number of rotatable bonds is 2. The third-order valence-corrected chi connectivity index (χ3v) is 1.13. The van der Waals surface area contributed by atoms with E-state index in [4.69, 9.17) is 10.5 Å². The van der Waals surface area contributed by atoms with Gasteiger partial charge in [-0.3, -0.25) is 4.99 Å². The first-order valence-electron chi connectivity index (χ1n) is 2.77. The molecule has 0 spiro atoms. The molecule has 0 aromatic heterocycles. The number of aliphatic imine (C=N–C) groups is 1. The van der Waals surface area contributed by atoms with Gasteiger partial charge in [-0.15, -0.1) is 0 Å². The van der Waals surface area contributed by atoms with E-state index in [0.29, 0.717) is 6.54 Å². The molecule has 0 amide bonds. The summed E-state index contributed by atoms with van der Waals surface area (Å²) in [5.41, 5.74) is 5.27. The summed E-state index contributed by atoms with van der Waals surface area (Å²) in [6.45, 7) is 1.48. The van der Waals surface area contributed by atoms with Crippen molar-refractivity contribution in [2.24, 2.45) is 10.7 Å². The van der Waals surface area contributed by atoms with Crippen molar-refractivity contribution in [3.05, 3.63) is 0 Å². The molecule has 0 saturated carbocycles. The number of nitrogens with two attached hydrogens (primary N) is 1. The maximum absolute atomic E-state index is 5.27. The smallest absolute Gasteiger partial charge is 0.170 e. The molecule has 1 rings (SSSR count). The second-order valence-electron chi connectivity index (χ2n) is 1.81. The lowest BCUT2D eigenvalue weighted by Gasteiger charge is -2.04. The highest BCUT2D eigenvalue weighted by Crippen LogP contribution is 2.00. The topological polar surface area (TPSA) is 47.6 Å². The van der Waals surface area contributed by atoms with Crippen LogP contribution in [0.2, 0.25) is 0 Å². The van der Waals surface area contributed by atoms with E-state index in [-0.39, 0.29) is 6.10 Å². The maximum atomic E-state index is 5.27. The van der Waals surface area contributed by atoms with Gasteiger partial charge in [0.15, 0.2) is 6.40 Å². The van der Waals surface area contributed by atoms with Crippen molar-refractivity contribution in [3.63, 3.8) is 0 Å². The van der Waals surface area contributed by atoms with E-state index in [2.05, 4.69) is 4.99 Å². The summed E-state index contributed by atoms with van der Waals surface area (Å²) in [5.74, 6) is 0. The van der Waals surface area contributed by atoms with Gasteiger partial charge in [0.25, 0.3) is 0 Å². The summed E-state index contributed by atoms with van der Waals surface area (Å²) in [6.07, 6.45) is 2.68. The van der Waals surface area contributed by atoms with Gasteiger partial charge in [-0.2, -0.15) is 0 Å². The van der Waals surface area contributed by atoms with Crippen molar-refractivity contribution < 1.29 is 4.74 Å². The Morgan fingerprint density at radius 2 is 2.75 bits per heavy atom. The highest BCUT2D eigenvalue weighted by atomic mass is 16.5. The minimum absolute atomic E-state index is 0.264. The SMILES string of the molecule is NCCC1CN=CO1. The van der Waals surface area contributed by atoms with Crippen LogP contribution in [0.1, 0.15) is 6.42 Å². The van der Waals surface area contributed by atoms with E-state index in [1.807, 2.05) is 0 Å². The predicted molar refractivity (Wildman–Crippen MR) is 31.9 cm³/mol. The Balaban J connectivity index is 2.10. The van der Waals surface area contributed by atoms with E-state index in [1.165, 1.54) is 6.40 Å². The second-order valence-corrected chi connectivity index (χ2v) is 1.81. The summed E-state index contributed by atoms with van der Waals surface area (Å²) in [5, 5.41) is 0. The highest BCUT2D eigenvalue weighted by molar-refractivity contribution is 5.48. The molecule has 0 aliphatic carbocycles. The summed E-state index contributed by atoms with van der Waals surface area (Å²) >= 11 is 0. The molecule has 8 heavy (non-hydrogen) atoms. The monoisotopic (exact) mass is 114 g/mol. The molecule has 0 aromatic rings. The Morgan fingerprint density at radius 1 is 1.88 bits per heavy atom. The predicted octanol–water partition coefficient (Wildman–Crippen LogP) is -0.238. The first-order chi connectivity index (χ1) is 3.93. The van der Waals surface area contributed by atoms with Crippen LogP contribution in [0.25, 0.3) is 0 Å². The zero-order valence-corrected chi connectivity index (χ0v) is 4.71. The van der Waals surface area contributed by atoms with Gasteiger partial charge in [0, 0.05) is 0 Å². The van der Waals surface area contributed by atoms with Gasteiger partial charge in [-0.1, -0.05) is 0 Å². The van der Waals surface area contributed by atoms with E-state index < -0.39 is 0 Å². The van der Waals surface area contributed by atoms with E-state index in [9.17, 15) is 0 Å². The third-order valence-electron chi connectivity index (χ3n) is 1.13. The quantitative estimate of drug-likeness (QED) is 0.538. The lowest BCUT2D eigenvalue weighted by molar-refractivity contribution is 0.225. The number of nitrogens with zero attached hydrogens (tertiary/aromatic N) is 1. The summed E-state index contributed by atoms with van der Waals surface area (Å²) in [6, 6.07) is 0. The van der Waals surface area contributed by atoms with Gasteiger partial charge in [0.05, 0.1) is 6.54 Å². The lowest BCUT2D eigenvalue weighted by Crippen LogP contribution is -2.15. The third kappa shape index (κ3) is 1.20. The maximum Gasteiger partial charge on any atom is 0.170 e. The first kappa shape index (κ1) is 5.56. The van der Waals surface area contributed by atoms with Gasteiger partial charge in [-0.25, -0.2) is 0 Å². The second kappa shape index (κ2) is 2.67. The van der Waals surface area contributed by atoms with Crippen LogP contribution in [0.3, 0.4) is 0 Å². The van der Waals surface area contributed by atoms with Crippen molar-refractivity contribution >= 4 is 6.40 Å². The van der Waals surface area contributed by atoms with Crippen LogP contribution >= 0.6 is 0 Å². The fourth-order valence-corrected chi connectivity index (χ4v) is 0.678. The van der Waals surface area contributed by atoms with Gasteiger partial charge in [0.2, 0.25) is 0 Å². The van der Waals surface area contributed by atoms with Crippen molar-refractivity contribution in [1.29, 1.82) is 0 Å². The molecule has 0 aromatic carbocycles. The highest BCUT2D eigenvalue weighted by Gasteiger charge is 2.09. The largest absolute Gasteiger partial charge is 0.478 e. The van der Waals surface area contributed by atoms with Crippen LogP contribution < -0.4 is 5.73 Å². The molecular formula is C5H10N2O. The Hall–Kier alpha value is -0.570. The van der Waals surface area contributed by atoms with Crippen LogP contribution in [-0.4, -0.2) is 25.6 Å².